The van der Waals surface area contributed by atoms with Crippen molar-refractivity contribution >= 4 is 16.9 Å². The monoisotopic (exact) mass is 303 g/mol. The molecule has 0 unspecified atom stereocenters. The molecule has 0 bridgehead atoms. The molecule has 1 heterocycles. The summed E-state index contributed by atoms with van der Waals surface area (Å²) in [7, 11) is 0. The molecule has 0 amide bonds. The van der Waals surface area contributed by atoms with E-state index in [1.807, 2.05) is 13.8 Å². The molecule has 2 aromatic rings. The van der Waals surface area contributed by atoms with Gasteiger partial charge in [0.15, 0.2) is 0 Å². The number of benzene rings is 1. The smallest absolute Gasteiger partial charge is 0.335 e. The van der Waals surface area contributed by atoms with E-state index >= 15 is 0 Å². The lowest BCUT2D eigenvalue weighted by atomic mass is 9.96. The molecule has 0 aliphatic carbocycles. The summed E-state index contributed by atoms with van der Waals surface area (Å²) in [4.78, 5) is 11.5. The summed E-state index contributed by atoms with van der Waals surface area (Å²) in [6, 6.07) is 1.76. The third-order valence-electron chi connectivity index (χ3n) is 4.26. The maximum Gasteiger partial charge on any atom is 0.335 e. The number of aromatic nitrogens is 1. The Bertz CT molecular complexity index is 685. The van der Waals surface area contributed by atoms with Crippen molar-refractivity contribution in [1.29, 1.82) is 0 Å². The van der Waals surface area contributed by atoms with Crippen LogP contribution < -0.4 is 0 Å². The summed E-state index contributed by atoms with van der Waals surface area (Å²) in [5.41, 5.74) is 4.56. The molecule has 1 aromatic carbocycles. The number of hydrogen-bond donors (Lipinski definition) is 2. The minimum atomic E-state index is -0.868. The van der Waals surface area contributed by atoms with Gasteiger partial charge in [-0.3, -0.25) is 0 Å². The van der Waals surface area contributed by atoms with Crippen molar-refractivity contribution in [3.63, 3.8) is 0 Å². The number of fused-ring (bicyclic) bond motifs is 1. The minimum absolute atomic E-state index is 0.162. The highest BCUT2D eigenvalue weighted by atomic mass is 16.4. The fourth-order valence-corrected chi connectivity index (χ4v) is 3.18. The van der Waals surface area contributed by atoms with E-state index in [1.165, 1.54) is 5.56 Å². The Balaban J connectivity index is 2.68. The number of unbranched alkanes of at least 4 members (excludes halogenated alkanes) is 1. The lowest BCUT2D eigenvalue weighted by Crippen LogP contribution is -2.04. The molecule has 4 nitrogen and oxygen atoms in total. The minimum Gasteiger partial charge on any atom is -0.478 e. The molecule has 0 radical (unpaired) electrons. The average molecular weight is 303 g/mol. The molecule has 0 saturated heterocycles. The number of nitrogens with zero attached hydrogens (tertiary/aromatic N) is 1. The summed E-state index contributed by atoms with van der Waals surface area (Å²) in [5, 5.41) is 19.6. The van der Waals surface area contributed by atoms with Gasteiger partial charge in [-0.2, -0.15) is 0 Å². The van der Waals surface area contributed by atoms with E-state index in [9.17, 15) is 9.90 Å². The highest BCUT2D eigenvalue weighted by Crippen LogP contribution is 2.31. The Hall–Kier alpha value is -1.81. The molecule has 1 aromatic heterocycles. The number of aryl methyl sites for hydroxylation is 4. The lowest BCUT2D eigenvalue weighted by Gasteiger charge is -2.10. The van der Waals surface area contributed by atoms with Crippen LogP contribution in [0.4, 0.5) is 0 Å². The number of carbonyl (C=O) groups is 1. The zero-order chi connectivity index (χ0) is 16.3. The quantitative estimate of drug-likeness (QED) is 0.820. The first kappa shape index (κ1) is 16.6. The van der Waals surface area contributed by atoms with Gasteiger partial charge in [0, 0.05) is 24.7 Å². The van der Waals surface area contributed by atoms with Gasteiger partial charge in [0.1, 0.15) is 0 Å². The first-order chi connectivity index (χ1) is 10.5. The largest absolute Gasteiger partial charge is 0.478 e. The van der Waals surface area contributed by atoms with Gasteiger partial charge in [0.25, 0.3) is 0 Å². The molecular formula is C18H25NO3. The molecule has 0 atom stereocenters. The third-order valence-corrected chi connectivity index (χ3v) is 4.26. The van der Waals surface area contributed by atoms with Gasteiger partial charge >= 0.3 is 5.97 Å². The Morgan fingerprint density at radius 2 is 2.00 bits per heavy atom. The number of hydrogen-bond acceptors (Lipinski definition) is 2. The number of aromatic carboxylic acids is 1. The number of rotatable bonds is 7. The van der Waals surface area contributed by atoms with Crippen LogP contribution >= 0.6 is 0 Å². The molecule has 0 fully saturated rings. The number of carboxylic acids is 1. The van der Waals surface area contributed by atoms with Crippen molar-refractivity contribution in [3.8, 4) is 0 Å². The molecule has 120 valence electrons. The van der Waals surface area contributed by atoms with Gasteiger partial charge in [-0.15, -0.1) is 0 Å². The normalized spacial score (nSPS) is 11.3. The summed E-state index contributed by atoms with van der Waals surface area (Å²) >= 11 is 0. The third kappa shape index (κ3) is 3.02. The molecule has 22 heavy (non-hydrogen) atoms. The number of carboxylic acid groups (broad SMARTS) is 1. The zero-order valence-electron chi connectivity index (χ0n) is 13.6. The summed E-state index contributed by atoms with van der Waals surface area (Å²) < 4.78 is 2.17. The van der Waals surface area contributed by atoms with Crippen LogP contribution in [0, 0.1) is 13.8 Å². The van der Waals surface area contributed by atoms with E-state index in [2.05, 4.69) is 17.7 Å². The van der Waals surface area contributed by atoms with E-state index in [-0.39, 0.29) is 6.61 Å². The van der Waals surface area contributed by atoms with Crippen molar-refractivity contribution < 1.29 is 15.0 Å². The van der Waals surface area contributed by atoms with E-state index < -0.39 is 5.97 Å². The van der Waals surface area contributed by atoms with Gasteiger partial charge < -0.3 is 14.8 Å². The first-order valence-electron chi connectivity index (χ1n) is 7.97. The molecule has 4 heteroatoms. The molecule has 0 spiro atoms. The predicted molar refractivity (Wildman–Crippen MR) is 88.7 cm³/mol. The Morgan fingerprint density at radius 3 is 2.59 bits per heavy atom. The van der Waals surface area contributed by atoms with E-state index in [1.54, 1.807) is 6.07 Å². The Morgan fingerprint density at radius 1 is 1.27 bits per heavy atom. The molecule has 2 rings (SSSR count). The maximum atomic E-state index is 11.5. The van der Waals surface area contributed by atoms with Gasteiger partial charge in [-0.25, -0.2) is 4.79 Å². The predicted octanol–water partition coefficient (Wildman–Crippen LogP) is 3.68. The van der Waals surface area contributed by atoms with Crippen LogP contribution in [0.2, 0.25) is 0 Å². The van der Waals surface area contributed by atoms with Crippen LogP contribution in [-0.2, 0) is 13.0 Å². The summed E-state index contributed by atoms with van der Waals surface area (Å²) in [5.74, 6) is -0.868. The van der Waals surface area contributed by atoms with Crippen molar-refractivity contribution in [2.24, 2.45) is 0 Å². The summed E-state index contributed by atoms with van der Waals surface area (Å²) in [6.45, 7) is 6.94. The van der Waals surface area contributed by atoms with E-state index in [4.69, 9.17) is 5.11 Å². The van der Waals surface area contributed by atoms with Crippen LogP contribution in [-0.4, -0.2) is 27.4 Å². The fourth-order valence-electron chi connectivity index (χ4n) is 3.18. The van der Waals surface area contributed by atoms with Crippen molar-refractivity contribution in [3.05, 3.63) is 34.5 Å². The highest BCUT2D eigenvalue weighted by Gasteiger charge is 2.18. The second-order valence-electron chi connectivity index (χ2n) is 5.92. The van der Waals surface area contributed by atoms with Crippen molar-refractivity contribution in [1.82, 2.24) is 4.57 Å². The van der Waals surface area contributed by atoms with Crippen LogP contribution in [0.15, 0.2) is 12.3 Å². The standard InChI is InChI=1S/C18H25NO3/c1-4-5-7-14-11-19(8-6-9-20)17-12(2)10-15(18(21)22)13(3)16(14)17/h10-11,20H,4-9H2,1-3H3,(H,21,22). The van der Waals surface area contributed by atoms with Crippen LogP contribution in [0.5, 0.6) is 0 Å². The lowest BCUT2D eigenvalue weighted by molar-refractivity contribution is 0.0696. The van der Waals surface area contributed by atoms with E-state index in [0.29, 0.717) is 12.0 Å². The Kier molecular flexibility index (Phi) is 5.24. The highest BCUT2D eigenvalue weighted by molar-refractivity contribution is 5.99. The van der Waals surface area contributed by atoms with E-state index in [0.717, 1.165) is 47.8 Å². The van der Waals surface area contributed by atoms with Crippen LogP contribution in [0.25, 0.3) is 10.9 Å². The topological polar surface area (TPSA) is 62.5 Å². The zero-order valence-corrected chi connectivity index (χ0v) is 13.6. The fraction of sp³-hybridized carbons (Fsp3) is 0.500. The first-order valence-corrected chi connectivity index (χ1v) is 7.97. The Labute approximate surface area is 131 Å². The van der Waals surface area contributed by atoms with Gasteiger partial charge in [0.2, 0.25) is 0 Å². The van der Waals surface area contributed by atoms with Gasteiger partial charge in [-0.1, -0.05) is 13.3 Å². The molecular weight excluding hydrogens is 278 g/mol. The van der Waals surface area contributed by atoms with Gasteiger partial charge in [0.05, 0.1) is 11.1 Å². The molecule has 2 N–H and O–H groups in total. The SMILES string of the molecule is CCCCc1cn(CCCO)c2c(C)cc(C(=O)O)c(C)c12. The summed E-state index contributed by atoms with van der Waals surface area (Å²) in [6.07, 6.45) is 6.01. The second-order valence-corrected chi connectivity index (χ2v) is 5.92. The van der Waals surface area contributed by atoms with Gasteiger partial charge in [-0.05, 0) is 55.9 Å². The van der Waals surface area contributed by atoms with Crippen LogP contribution in [0.3, 0.4) is 0 Å². The number of aliphatic hydroxyl groups is 1. The molecule has 0 aliphatic rings. The maximum absolute atomic E-state index is 11.5. The second kappa shape index (κ2) is 6.97. The average Bonchev–Trinajstić information content (AvgIpc) is 2.85. The molecule has 0 aliphatic heterocycles. The van der Waals surface area contributed by atoms with Crippen LogP contribution in [0.1, 0.15) is 53.2 Å². The number of aliphatic hydroxyl groups excluding tert-OH is 1. The van der Waals surface area contributed by atoms with Crippen molar-refractivity contribution in [2.75, 3.05) is 6.61 Å². The molecule has 0 saturated carbocycles. The van der Waals surface area contributed by atoms with Crippen molar-refractivity contribution in [2.45, 2.75) is 53.0 Å².